The van der Waals surface area contributed by atoms with Crippen LogP contribution in [0.2, 0.25) is 0 Å². The van der Waals surface area contributed by atoms with Gasteiger partial charge in [-0.15, -0.1) is 0 Å². The predicted molar refractivity (Wildman–Crippen MR) is 75.4 cm³/mol. The van der Waals surface area contributed by atoms with Crippen molar-refractivity contribution in [2.45, 2.75) is 13.8 Å². The van der Waals surface area contributed by atoms with Crippen LogP contribution in [0.4, 0.5) is 17.6 Å². The molecule has 0 unspecified atom stereocenters. The Balaban J connectivity index is 0.000000659. The molecular formula is C11H24N6O. The minimum absolute atomic E-state index is 0.235. The second-order valence-electron chi connectivity index (χ2n) is 3.25. The van der Waals surface area contributed by atoms with Crippen molar-refractivity contribution < 1.29 is 5.11 Å². The molecule has 2 heterocycles. The first-order valence-corrected chi connectivity index (χ1v) is 6.06. The Morgan fingerprint density at radius 1 is 1.17 bits per heavy atom. The van der Waals surface area contributed by atoms with Crippen LogP contribution in [0.5, 0.6) is 0 Å². The van der Waals surface area contributed by atoms with Gasteiger partial charge in [0.15, 0.2) is 0 Å². The summed E-state index contributed by atoms with van der Waals surface area (Å²) in [6, 6.07) is 1.75. The Hall–Kier alpha value is -1.60. The van der Waals surface area contributed by atoms with Gasteiger partial charge in [0.2, 0.25) is 5.95 Å². The molecule has 0 saturated carbocycles. The van der Waals surface area contributed by atoms with Gasteiger partial charge in [0.25, 0.3) is 0 Å². The van der Waals surface area contributed by atoms with Crippen molar-refractivity contribution in [1.82, 2.24) is 15.3 Å². The first-order valence-electron chi connectivity index (χ1n) is 6.06. The van der Waals surface area contributed by atoms with Crippen LogP contribution in [0.1, 0.15) is 13.8 Å². The fourth-order valence-corrected chi connectivity index (χ4v) is 1.53. The fraction of sp³-hybridized carbons (Fsp3) is 0.636. The fourth-order valence-electron chi connectivity index (χ4n) is 1.53. The Morgan fingerprint density at radius 2 is 1.72 bits per heavy atom. The maximum absolute atomic E-state index is 7.00. The van der Waals surface area contributed by atoms with Gasteiger partial charge in [0, 0.05) is 39.4 Å². The number of rotatable bonds is 1. The van der Waals surface area contributed by atoms with Crippen LogP contribution in [0.3, 0.4) is 0 Å². The van der Waals surface area contributed by atoms with Gasteiger partial charge in [0.1, 0.15) is 11.6 Å². The molecule has 0 radical (unpaired) electrons. The number of piperazine rings is 1. The number of nitrogens with two attached hydrogens (primary N) is 2. The number of aromatic nitrogens is 2. The summed E-state index contributed by atoms with van der Waals surface area (Å²) in [7, 11) is 1.00. The Kier molecular flexibility index (Phi) is 8.59. The largest absolute Gasteiger partial charge is 0.400 e. The molecular weight excluding hydrogens is 232 g/mol. The molecule has 1 aliphatic rings. The molecule has 1 aromatic heterocycles. The molecule has 7 nitrogen and oxygen atoms in total. The number of nitrogens with one attached hydrogen (secondary N) is 1. The summed E-state index contributed by atoms with van der Waals surface area (Å²) in [6.07, 6.45) is 0. The molecule has 0 aliphatic carbocycles. The van der Waals surface area contributed by atoms with Crippen molar-refractivity contribution in [2.24, 2.45) is 0 Å². The average Bonchev–Trinajstić information content (AvgIpc) is 2.43. The topological polar surface area (TPSA) is 113 Å². The van der Waals surface area contributed by atoms with Crippen molar-refractivity contribution in [2.75, 3.05) is 49.7 Å². The maximum Gasteiger partial charge on any atom is 0.223 e. The number of anilines is 3. The lowest BCUT2D eigenvalue weighted by Gasteiger charge is -2.28. The number of nitrogens with zero attached hydrogens (tertiary/aromatic N) is 3. The minimum Gasteiger partial charge on any atom is -0.400 e. The van der Waals surface area contributed by atoms with Crippen molar-refractivity contribution in [3.63, 3.8) is 0 Å². The zero-order chi connectivity index (χ0) is 14.0. The zero-order valence-corrected chi connectivity index (χ0v) is 11.3. The molecule has 1 aromatic rings. The minimum atomic E-state index is 0.235. The lowest BCUT2D eigenvalue weighted by molar-refractivity contribution is 0.399. The van der Waals surface area contributed by atoms with E-state index < -0.39 is 0 Å². The van der Waals surface area contributed by atoms with E-state index in [0.717, 1.165) is 39.1 Å². The van der Waals surface area contributed by atoms with Crippen LogP contribution in [0.15, 0.2) is 6.07 Å². The molecule has 6 N–H and O–H groups in total. The highest BCUT2D eigenvalue weighted by Gasteiger charge is 2.12. The van der Waals surface area contributed by atoms with Crippen LogP contribution in [-0.4, -0.2) is 48.4 Å². The van der Waals surface area contributed by atoms with Crippen molar-refractivity contribution in [3.05, 3.63) is 6.07 Å². The third kappa shape index (κ3) is 5.15. The summed E-state index contributed by atoms with van der Waals surface area (Å²) in [5, 5.41) is 10.3. The molecule has 18 heavy (non-hydrogen) atoms. The van der Waals surface area contributed by atoms with Crippen LogP contribution >= 0.6 is 0 Å². The Morgan fingerprint density at radius 3 is 2.22 bits per heavy atom. The van der Waals surface area contributed by atoms with Crippen LogP contribution in [0.25, 0.3) is 0 Å². The zero-order valence-electron chi connectivity index (χ0n) is 11.3. The molecule has 2 rings (SSSR count). The van der Waals surface area contributed by atoms with E-state index in [1.807, 2.05) is 13.8 Å². The molecule has 1 saturated heterocycles. The lowest BCUT2D eigenvalue weighted by Crippen LogP contribution is -2.44. The molecule has 104 valence electrons. The normalized spacial score (nSPS) is 13.9. The van der Waals surface area contributed by atoms with Crippen molar-refractivity contribution in [3.8, 4) is 0 Å². The average molecular weight is 256 g/mol. The maximum atomic E-state index is 7.00. The highest BCUT2D eigenvalue weighted by atomic mass is 16.2. The van der Waals surface area contributed by atoms with Crippen LogP contribution in [0, 0.1) is 0 Å². The molecule has 1 fully saturated rings. The van der Waals surface area contributed by atoms with E-state index in [-0.39, 0.29) is 5.95 Å². The molecule has 0 bridgehead atoms. The van der Waals surface area contributed by atoms with Gasteiger partial charge in [-0.2, -0.15) is 9.97 Å². The lowest BCUT2D eigenvalue weighted by atomic mass is 10.3. The molecule has 0 atom stereocenters. The standard InChI is InChI=1S/C8H14N6.C2H6.CH4O/c9-6-5-7(13-8(10)12-6)14-3-1-11-2-4-14;2*1-2/h5,11H,1-4H2,(H4,9,10,12,13);1-2H3;2H,1H3. The quantitative estimate of drug-likeness (QED) is 0.545. The van der Waals surface area contributed by atoms with Crippen LogP contribution < -0.4 is 21.7 Å². The van der Waals surface area contributed by atoms with Gasteiger partial charge < -0.3 is 26.8 Å². The molecule has 0 spiro atoms. The van der Waals surface area contributed by atoms with Gasteiger partial charge in [-0.1, -0.05) is 13.8 Å². The molecule has 1 aliphatic heterocycles. The molecule has 0 amide bonds. The van der Waals surface area contributed by atoms with E-state index >= 15 is 0 Å². The first-order chi connectivity index (χ1) is 8.75. The van der Waals surface area contributed by atoms with Crippen molar-refractivity contribution in [1.29, 1.82) is 0 Å². The highest BCUT2D eigenvalue weighted by Crippen LogP contribution is 2.14. The van der Waals surface area contributed by atoms with Gasteiger partial charge >= 0.3 is 0 Å². The van der Waals surface area contributed by atoms with Gasteiger partial charge in [0.05, 0.1) is 0 Å². The van der Waals surface area contributed by atoms with Gasteiger partial charge in [-0.05, 0) is 0 Å². The van der Waals surface area contributed by atoms with E-state index in [2.05, 4.69) is 20.2 Å². The van der Waals surface area contributed by atoms with Gasteiger partial charge in [-0.3, -0.25) is 0 Å². The number of aliphatic hydroxyl groups is 1. The number of hydrogen-bond acceptors (Lipinski definition) is 7. The smallest absolute Gasteiger partial charge is 0.223 e. The molecule has 7 heteroatoms. The van der Waals surface area contributed by atoms with E-state index in [0.29, 0.717) is 5.82 Å². The van der Waals surface area contributed by atoms with E-state index in [1.165, 1.54) is 0 Å². The summed E-state index contributed by atoms with van der Waals surface area (Å²) in [4.78, 5) is 10.1. The van der Waals surface area contributed by atoms with Crippen LogP contribution in [-0.2, 0) is 0 Å². The van der Waals surface area contributed by atoms with E-state index in [4.69, 9.17) is 16.6 Å². The SMILES string of the molecule is CC.CO.Nc1cc(N2CCNCC2)nc(N)n1. The monoisotopic (exact) mass is 256 g/mol. The summed E-state index contributed by atoms with van der Waals surface area (Å²) >= 11 is 0. The summed E-state index contributed by atoms with van der Waals surface area (Å²) in [5.41, 5.74) is 11.1. The van der Waals surface area contributed by atoms with Crippen molar-refractivity contribution >= 4 is 17.6 Å². The second-order valence-corrected chi connectivity index (χ2v) is 3.25. The predicted octanol–water partition coefficient (Wildman–Crippen LogP) is -0.315. The summed E-state index contributed by atoms with van der Waals surface area (Å²) in [6.45, 7) is 7.78. The Bertz CT molecular complexity index is 307. The third-order valence-corrected chi connectivity index (χ3v) is 2.19. The second kappa shape index (κ2) is 9.43. The summed E-state index contributed by atoms with van der Waals surface area (Å²) < 4.78 is 0. The van der Waals surface area contributed by atoms with Gasteiger partial charge in [-0.25, -0.2) is 0 Å². The highest BCUT2D eigenvalue weighted by molar-refractivity contribution is 5.50. The van der Waals surface area contributed by atoms with E-state index in [1.54, 1.807) is 6.07 Å². The Labute approximate surface area is 108 Å². The molecule has 0 aromatic carbocycles. The number of hydrogen-bond donors (Lipinski definition) is 4. The number of aliphatic hydroxyl groups excluding tert-OH is 1. The van der Waals surface area contributed by atoms with E-state index in [9.17, 15) is 0 Å². The first kappa shape index (κ1) is 16.4. The third-order valence-electron chi connectivity index (χ3n) is 2.19. The summed E-state index contributed by atoms with van der Waals surface area (Å²) in [5.74, 6) is 1.47. The number of nitrogen functional groups attached to an aromatic ring is 2.